The van der Waals surface area contributed by atoms with E-state index in [1.54, 1.807) is 20.8 Å². The summed E-state index contributed by atoms with van der Waals surface area (Å²) in [7, 11) is 0. The topological polar surface area (TPSA) is 77.9 Å². The van der Waals surface area contributed by atoms with E-state index >= 15 is 0 Å². The van der Waals surface area contributed by atoms with Crippen molar-refractivity contribution in [3.05, 3.63) is 36.0 Å². The van der Waals surface area contributed by atoms with Gasteiger partial charge in [0, 0.05) is 23.5 Å². The molecule has 1 amide bonds. The number of amides is 1. The molecule has 0 bridgehead atoms. The normalized spacial score (nSPS) is 12.7. The number of carbonyl (C=O) groups is 1. The Bertz CT molecular complexity index is 677. The summed E-state index contributed by atoms with van der Waals surface area (Å²) < 4.78 is 5.17. The number of benzene rings is 1. The number of hydrogen-bond donors (Lipinski definition) is 2. The fourth-order valence-electron chi connectivity index (χ4n) is 2.10. The molecule has 0 aliphatic heterocycles. The highest BCUT2D eigenvalue weighted by Crippen LogP contribution is 2.19. The third-order valence-corrected chi connectivity index (χ3v) is 2.95. The minimum Gasteiger partial charge on any atom is -0.444 e. The van der Waals surface area contributed by atoms with E-state index in [4.69, 9.17) is 4.74 Å². The minimum atomic E-state index is -0.626. The van der Waals surface area contributed by atoms with Gasteiger partial charge >= 0.3 is 6.09 Å². The predicted molar refractivity (Wildman–Crippen MR) is 80.8 cm³/mol. The Hall–Kier alpha value is -2.48. The molecule has 110 valence electrons. The molecule has 1 aromatic heterocycles. The first-order valence-electron chi connectivity index (χ1n) is 6.83. The second kappa shape index (κ2) is 5.88. The minimum absolute atomic E-state index is 0.430. The second-order valence-electron chi connectivity index (χ2n) is 5.89. The molecule has 2 N–H and O–H groups in total. The summed E-state index contributed by atoms with van der Waals surface area (Å²) >= 11 is 0. The van der Waals surface area contributed by atoms with E-state index in [0.29, 0.717) is 6.42 Å². The van der Waals surface area contributed by atoms with Gasteiger partial charge in [-0.3, -0.25) is 0 Å². The SMILES string of the molecule is CC(C)(C)OC(=O)N[C@H](C#N)Cc1c[nH]c2ccccc12. The number of rotatable bonds is 3. The van der Waals surface area contributed by atoms with Crippen molar-refractivity contribution in [2.45, 2.75) is 38.8 Å². The maximum absolute atomic E-state index is 11.7. The Kier molecular flexibility index (Phi) is 4.18. The van der Waals surface area contributed by atoms with Crippen molar-refractivity contribution in [1.29, 1.82) is 5.26 Å². The van der Waals surface area contributed by atoms with Gasteiger partial charge in [-0.15, -0.1) is 0 Å². The Morgan fingerprint density at radius 2 is 2.14 bits per heavy atom. The van der Waals surface area contributed by atoms with Crippen LogP contribution in [0.4, 0.5) is 4.79 Å². The zero-order valence-corrected chi connectivity index (χ0v) is 12.4. The van der Waals surface area contributed by atoms with Crippen LogP contribution in [0.2, 0.25) is 0 Å². The fourth-order valence-corrected chi connectivity index (χ4v) is 2.10. The maximum Gasteiger partial charge on any atom is 0.408 e. The number of alkyl carbamates (subject to hydrolysis) is 1. The summed E-state index contributed by atoms with van der Waals surface area (Å²) in [6, 6.07) is 9.33. The van der Waals surface area contributed by atoms with Crippen LogP contribution in [0.1, 0.15) is 26.3 Å². The van der Waals surface area contributed by atoms with E-state index in [1.807, 2.05) is 30.5 Å². The van der Waals surface area contributed by atoms with Gasteiger partial charge in [-0.05, 0) is 32.4 Å². The van der Waals surface area contributed by atoms with Gasteiger partial charge in [0.2, 0.25) is 0 Å². The number of aromatic amines is 1. The molecular formula is C16H19N3O2. The molecule has 0 spiro atoms. The number of carbonyl (C=O) groups excluding carboxylic acids is 1. The van der Waals surface area contributed by atoms with Crippen molar-refractivity contribution in [3.63, 3.8) is 0 Å². The van der Waals surface area contributed by atoms with Crippen molar-refractivity contribution in [2.75, 3.05) is 0 Å². The first kappa shape index (κ1) is 14.9. The highest BCUT2D eigenvalue weighted by Gasteiger charge is 2.20. The number of nitrogens with zero attached hydrogens (tertiary/aromatic N) is 1. The van der Waals surface area contributed by atoms with Crippen molar-refractivity contribution in [2.24, 2.45) is 0 Å². The van der Waals surface area contributed by atoms with Gasteiger partial charge in [0.25, 0.3) is 0 Å². The smallest absolute Gasteiger partial charge is 0.408 e. The van der Waals surface area contributed by atoms with Gasteiger partial charge in [-0.1, -0.05) is 18.2 Å². The van der Waals surface area contributed by atoms with Gasteiger partial charge in [0.15, 0.2) is 0 Å². The van der Waals surface area contributed by atoms with Crippen LogP contribution in [0, 0.1) is 11.3 Å². The molecule has 0 fully saturated rings. The number of para-hydroxylation sites is 1. The van der Waals surface area contributed by atoms with E-state index in [2.05, 4.69) is 16.4 Å². The lowest BCUT2D eigenvalue weighted by Gasteiger charge is -2.21. The number of aromatic nitrogens is 1. The maximum atomic E-state index is 11.7. The first-order chi connectivity index (χ1) is 9.89. The standard InChI is InChI=1S/C16H19N3O2/c1-16(2,3)21-15(20)19-12(9-17)8-11-10-18-14-7-5-4-6-13(11)14/h4-7,10,12,18H,8H2,1-3H3,(H,19,20)/t12-/m0/s1. The van der Waals surface area contributed by atoms with Crippen LogP contribution in [0.15, 0.2) is 30.5 Å². The predicted octanol–water partition coefficient (Wildman–Crippen LogP) is 3.13. The molecule has 2 aromatic rings. The quantitative estimate of drug-likeness (QED) is 0.909. The number of ether oxygens (including phenoxy) is 1. The van der Waals surface area contributed by atoms with Gasteiger partial charge in [0.1, 0.15) is 11.6 Å². The van der Waals surface area contributed by atoms with Crippen molar-refractivity contribution >= 4 is 17.0 Å². The van der Waals surface area contributed by atoms with Crippen molar-refractivity contribution < 1.29 is 9.53 Å². The Balaban J connectivity index is 2.06. The average molecular weight is 285 g/mol. The molecule has 1 atom stereocenters. The third-order valence-electron chi connectivity index (χ3n) is 2.95. The second-order valence-corrected chi connectivity index (χ2v) is 5.89. The lowest BCUT2D eigenvalue weighted by molar-refractivity contribution is 0.0516. The zero-order chi connectivity index (χ0) is 15.5. The molecule has 0 saturated carbocycles. The number of fused-ring (bicyclic) bond motifs is 1. The number of nitrogens with one attached hydrogen (secondary N) is 2. The molecular weight excluding hydrogens is 266 g/mol. The molecule has 1 heterocycles. The lowest BCUT2D eigenvalue weighted by atomic mass is 10.1. The van der Waals surface area contributed by atoms with Gasteiger partial charge in [-0.25, -0.2) is 4.79 Å². The van der Waals surface area contributed by atoms with E-state index in [1.165, 1.54) is 0 Å². The molecule has 0 unspecified atom stereocenters. The summed E-state index contributed by atoms with van der Waals surface area (Å²) in [4.78, 5) is 14.9. The van der Waals surface area contributed by atoms with E-state index < -0.39 is 17.7 Å². The molecule has 0 radical (unpaired) electrons. The highest BCUT2D eigenvalue weighted by atomic mass is 16.6. The average Bonchev–Trinajstić information content (AvgIpc) is 2.79. The van der Waals surface area contributed by atoms with Gasteiger partial charge in [-0.2, -0.15) is 5.26 Å². The number of nitriles is 1. The molecule has 1 aromatic carbocycles. The number of hydrogen-bond acceptors (Lipinski definition) is 3. The van der Waals surface area contributed by atoms with Crippen LogP contribution < -0.4 is 5.32 Å². The summed E-state index contributed by atoms with van der Waals surface area (Å²) in [5, 5.41) is 12.9. The van der Waals surface area contributed by atoms with E-state index in [-0.39, 0.29) is 0 Å². The molecule has 5 heteroatoms. The van der Waals surface area contributed by atoms with Gasteiger partial charge in [0.05, 0.1) is 6.07 Å². The summed E-state index contributed by atoms with van der Waals surface area (Å²) in [6.07, 6.45) is 1.72. The summed E-state index contributed by atoms with van der Waals surface area (Å²) in [6.45, 7) is 5.36. The highest BCUT2D eigenvalue weighted by molar-refractivity contribution is 5.83. The first-order valence-corrected chi connectivity index (χ1v) is 6.83. The Morgan fingerprint density at radius 3 is 2.81 bits per heavy atom. The van der Waals surface area contributed by atoms with Crippen LogP contribution in [0.3, 0.4) is 0 Å². The zero-order valence-electron chi connectivity index (χ0n) is 12.4. The summed E-state index contributed by atoms with van der Waals surface area (Å²) in [5.41, 5.74) is 1.43. The lowest BCUT2D eigenvalue weighted by Crippen LogP contribution is -2.39. The third kappa shape index (κ3) is 3.99. The molecule has 0 aliphatic rings. The van der Waals surface area contributed by atoms with Crippen LogP contribution in [-0.2, 0) is 11.2 Å². The van der Waals surface area contributed by atoms with E-state index in [0.717, 1.165) is 16.5 Å². The summed E-state index contributed by atoms with van der Waals surface area (Å²) in [5.74, 6) is 0. The van der Waals surface area contributed by atoms with Gasteiger partial charge < -0.3 is 15.0 Å². The molecule has 0 aliphatic carbocycles. The molecule has 5 nitrogen and oxygen atoms in total. The van der Waals surface area contributed by atoms with E-state index in [9.17, 15) is 10.1 Å². The Labute approximate surface area is 123 Å². The molecule has 2 rings (SSSR count). The van der Waals surface area contributed by atoms with Crippen LogP contribution in [0.5, 0.6) is 0 Å². The molecule has 0 saturated heterocycles. The van der Waals surface area contributed by atoms with Crippen LogP contribution in [-0.4, -0.2) is 22.7 Å². The largest absolute Gasteiger partial charge is 0.444 e. The number of H-pyrrole nitrogens is 1. The van der Waals surface area contributed by atoms with Crippen LogP contribution >= 0.6 is 0 Å². The Morgan fingerprint density at radius 1 is 1.43 bits per heavy atom. The monoisotopic (exact) mass is 285 g/mol. The van der Waals surface area contributed by atoms with Crippen LogP contribution in [0.25, 0.3) is 10.9 Å². The van der Waals surface area contributed by atoms with Crippen molar-refractivity contribution in [1.82, 2.24) is 10.3 Å². The fraction of sp³-hybridized carbons (Fsp3) is 0.375. The van der Waals surface area contributed by atoms with Crippen molar-refractivity contribution in [3.8, 4) is 6.07 Å². The molecule has 21 heavy (non-hydrogen) atoms.